The lowest BCUT2D eigenvalue weighted by Gasteiger charge is -2.13. The van der Waals surface area contributed by atoms with E-state index < -0.39 is 0 Å². The topological polar surface area (TPSA) is 105 Å². The molecule has 1 atom stereocenters. The summed E-state index contributed by atoms with van der Waals surface area (Å²) in [7, 11) is 0. The third kappa shape index (κ3) is 2.70. The number of hydrogen-bond donors (Lipinski definition) is 4. The van der Waals surface area contributed by atoms with Crippen molar-refractivity contribution in [3.8, 4) is 11.3 Å². The van der Waals surface area contributed by atoms with Gasteiger partial charge in [0.25, 0.3) is 0 Å². The highest BCUT2D eigenvalue weighted by Gasteiger charge is 2.16. The van der Waals surface area contributed by atoms with Gasteiger partial charge in [-0.2, -0.15) is 0 Å². The highest BCUT2D eigenvalue weighted by Crippen LogP contribution is 2.32. The quantitative estimate of drug-likeness (QED) is 0.584. The van der Waals surface area contributed by atoms with Crippen LogP contribution in [0.15, 0.2) is 30.7 Å². The summed E-state index contributed by atoms with van der Waals surface area (Å²) in [6.07, 6.45) is 6.61. The van der Waals surface area contributed by atoms with E-state index in [2.05, 4.69) is 30.6 Å². The van der Waals surface area contributed by atoms with Gasteiger partial charge in [-0.25, -0.2) is 15.0 Å². The summed E-state index contributed by atoms with van der Waals surface area (Å²) in [5, 5.41) is 8.00. The van der Waals surface area contributed by atoms with Crippen LogP contribution in [0.3, 0.4) is 0 Å². The van der Waals surface area contributed by atoms with E-state index >= 15 is 0 Å². The van der Waals surface area contributed by atoms with Gasteiger partial charge in [-0.05, 0) is 37.6 Å². The molecule has 0 bridgehead atoms. The summed E-state index contributed by atoms with van der Waals surface area (Å²) in [6.45, 7) is 3.13. The Kier molecular flexibility index (Phi) is 3.55. The van der Waals surface area contributed by atoms with Crippen molar-refractivity contribution in [2.24, 2.45) is 5.92 Å². The van der Waals surface area contributed by atoms with Gasteiger partial charge in [-0.1, -0.05) is 0 Å². The Morgan fingerprint density at radius 3 is 3.00 bits per heavy atom. The van der Waals surface area contributed by atoms with E-state index in [0.29, 0.717) is 5.92 Å². The van der Waals surface area contributed by atoms with Crippen molar-refractivity contribution in [2.75, 3.05) is 30.7 Å². The average Bonchev–Trinajstić information content (AvgIpc) is 3.22. The Hall–Kier alpha value is -2.67. The summed E-state index contributed by atoms with van der Waals surface area (Å²) >= 11 is 0. The van der Waals surface area contributed by atoms with Gasteiger partial charge in [0.15, 0.2) is 0 Å². The number of nitrogens with two attached hydrogens (primary N) is 1. The largest absolute Gasteiger partial charge is 0.384 e. The molecule has 5 N–H and O–H groups in total. The number of anilines is 2. The summed E-state index contributed by atoms with van der Waals surface area (Å²) in [6, 6.07) is 3.86. The Morgan fingerprint density at radius 2 is 2.17 bits per heavy atom. The first-order valence-electron chi connectivity index (χ1n) is 7.81. The first-order chi connectivity index (χ1) is 11.3. The maximum absolute atomic E-state index is 5.72. The number of H-pyrrole nitrogens is 1. The lowest BCUT2D eigenvalue weighted by atomic mass is 10.1. The molecule has 4 heterocycles. The van der Waals surface area contributed by atoms with Crippen LogP contribution in [-0.4, -0.2) is 39.6 Å². The van der Waals surface area contributed by atoms with E-state index in [1.807, 2.05) is 24.5 Å². The van der Waals surface area contributed by atoms with Crippen molar-refractivity contribution in [2.45, 2.75) is 6.42 Å². The van der Waals surface area contributed by atoms with Crippen molar-refractivity contribution >= 4 is 22.7 Å². The van der Waals surface area contributed by atoms with Gasteiger partial charge in [0.2, 0.25) is 5.95 Å². The van der Waals surface area contributed by atoms with Gasteiger partial charge < -0.3 is 21.4 Å². The number of nitrogen functional groups attached to an aromatic ring is 1. The van der Waals surface area contributed by atoms with E-state index in [4.69, 9.17) is 5.73 Å². The predicted molar refractivity (Wildman–Crippen MR) is 91.0 cm³/mol. The molecule has 1 unspecified atom stereocenters. The van der Waals surface area contributed by atoms with E-state index in [1.54, 1.807) is 6.20 Å². The van der Waals surface area contributed by atoms with Gasteiger partial charge in [-0.15, -0.1) is 0 Å². The zero-order valence-corrected chi connectivity index (χ0v) is 12.7. The van der Waals surface area contributed by atoms with E-state index in [9.17, 15) is 0 Å². The minimum atomic E-state index is 0.271. The number of nitrogens with one attached hydrogen (secondary N) is 3. The summed E-state index contributed by atoms with van der Waals surface area (Å²) in [5.41, 5.74) is 9.40. The number of pyridine rings is 1. The molecule has 1 aliphatic heterocycles. The Labute approximate surface area is 133 Å². The molecule has 1 fully saturated rings. The molecule has 0 spiro atoms. The molecule has 0 amide bonds. The molecular formula is C16H19N7. The number of rotatable bonds is 4. The third-order valence-electron chi connectivity index (χ3n) is 4.27. The molecule has 3 aromatic rings. The van der Waals surface area contributed by atoms with Crippen molar-refractivity contribution < 1.29 is 0 Å². The van der Waals surface area contributed by atoms with Crippen LogP contribution in [0, 0.1) is 5.92 Å². The molecule has 4 rings (SSSR count). The molecule has 0 aromatic carbocycles. The average molecular weight is 309 g/mol. The van der Waals surface area contributed by atoms with Crippen LogP contribution in [0.25, 0.3) is 22.3 Å². The van der Waals surface area contributed by atoms with Crippen LogP contribution < -0.4 is 16.4 Å². The first kappa shape index (κ1) is 14.0. The molecule has 23 heavy (non-hydrogen) atoms. The Morgan fingerprint density at radius 1 is 1.26 bits per heavy atom. The zero-order valence-electron chi connectivity index (χ0n) is 12.7. The molecule has 0 aliphatic carbocycles. The molecule has 7 heteroatoms. The Balaban J connectivity index is 1.71. The SMILES string of the molecule is Nc1nccc(-c2c[nH]c3nccc(NCC4CCNC4)c23)n1. The van der Waals surface area contributed by atoms with E-state index in [1.165, 1.54) is 6.42 Å². The van der Waals surface area contributed by atoms with Crippen molar-refractivity contribution in [3.05, 3.63) is 30.7 Å². The van der Waals surface area contributed by atoms with Gasteiger partial charge in [0, 0.05) is 36.4 Å². The smallest absolute Gasteiger partial charge is 0.220 e. The van der Waals surface area contributed by atoms with Gasteiger partial charge in [-0.3, -0.25) is 0 Å². The number of aromatic nitrogens is 4. The lowest BCUT2D eigenvalue weighted by molar-refractivity contribution is 0.616. The summed E-state index contributed by atoms with van der Waals surface area (Å²) < 4.78 is 0. The molecule has 1 aliphatic rings. The number of nitrogens with zero attached hydrogens (tertiary/aromatic N) is 3. The van der Waals surface area contributed by atoms with Gasteiger partial charge in [0.05, 0.1) is 11.1 Å². The van der Waals surface area contributed by atoms with Crippen LogP contribution in [0.4, 0.5) is 11.6 Å². The molecule has 0 radical (unpaired) electrons. The lowest BCUT2D eigenvalue weighted by Crippen LogP contribution is -2.17. The number of hydrogen-bond acceptors (Lipinski definition) is 6. The maximum atomic E-state index is 5.72. The molecule has 7 nitrogen and oxygen atoms in total. The van der Waals surface area contributed by atoms with E-state index in [0.717, 1.165) is 47.6 Å². The maximum Gasteiger partial charge on any atom is 0.220 e. The third-order valence-corrected chi connectivity index (χ3v) is 4.27. The number of aromatic amines is 1. The monoisotopic (exact) mass is 309 g/mol. The molecule has 3 aromatic heterocycles. The molecule has 118 valence electrons. The fourth-order valence-electron chi connectivity index (χ4n) is 3.07. The first-order valence-corrected chi connectivity index (χ1v) is 7.81. The van der Waals surface area contributed by atoms with Crippen molar-refractivity contribution in [1.82, 2.24) is 25.3 Å². The van der Waals surface area contributed by atoms with Gasteiger partial charge >= 0.3 is 0 Å². The van der Waals surface area contributed by atoms with Crippen LogP contribution in [0.1, 0.15) is 6.42 Å². The highest BCUT2D eigenvalue weighted by molar-refractivity contribution is 6.01. The fourth-order valence-corrected chi connectivity index (χ4v) is 3.07. The second-order valence-electron chi connectivity index (χ2n) is 5.82. The summed E-state index contributed by atoms with van der Waals surface area (Å²) in [5.74, 6) is 0.933. The zero-order chi connectivity index (χ0) is 15.6. The summed E-state index contributed by atoms with van der Waals surface area (Å²) in [4.78, 5) is 15.9. The fraction of sp³-hybridized carbons (Fsp3) is 0.312. The molecule has 0 saturated carbocycles. The van der Waals surface area contributed by atoms with E-state index in [-0.39, 0.29) is 5.95 Å². The minimum Gasteiger partial charge on any atom is -0.384 e. The van der Waals surface area contributed by atoms with Crippen molar-refractivity contribution in [3.63, 3.8) is 0 Å². The minimum absolute atomic E-state index is 0.271. The molecular weight excluding hydrogens is 290 g/mol. The van der Waals surface area contributed by atoms with Gasteiger partial charge in [0.1, 0.15) is 5.65 Å². The normalized spacial score (nSPS) is 17.7. The van der Waals surface area contributed by atoms with Crippen LogP contribution in [0.5, 0.6) is 0 Å². The standard InChI is InChI=1S/C16H19N7/c17-16-20-6-2-12(23-16)11-9-22-15-14(11)13(3-5-19-15)21-8-10-1-4-18-7-10/h2-3,5-6,9-10,18H,1,4,7-8H2,(H2,17,20,23)(H2,19,21,22). The van der Waals surface area contributed by atoms with Crippen molar-refractivity contribution in [1.29, 1.82) is 0 Å². The highest BCUT2D eigenvalue weighted by atomic mass is 15.0. The second kappa shape index (κ2) is 5.85. The van der Waals surface area contributed by atoms with Crippen LogP contribution >= 0.6 is 0 Å². The second-order valence-corrected chi connectivity index (χ2v) is 5.82. The van der Waals surface area contributed by atoms with Crippen LogP contribution in [-0.2, 0) is 0 Å². The molecule has 1 saturated heterocycles. The number of fused-ring (bicyclic) bond motifs is 1. The predicted octanol–water partition coefficient (Wildman–Crippen LogP) is 1.62. The Bertz CT molecular complexity index is 820. The van der Waals surface area contributed by atoms with Crippen LogP contribution in [0.2, 0.25) is 0 Å².